The molecule has 0 bridgehead atoms. The Kier molecular flexibility index (Phi) is 5.15. The summed E-state index contributed by atoms with van der Waals surface area (Å²) in [5.74, 6) is 1.68. The van der Waals surface area contributed by atoms with Crippen molar-refractivity contribution in [1.29, 1.82) is 0 Å². The molecule has 1 aliphatic heterocycles. The quantitative estimate of drug-likeness (QED) is 0.434. The molecule has 32 heavy (non-hydrogen) atoms. The number of piperazine rings is 1. The van der Waals surface area contributed by atoms with Crippen LogP contribution in [0, 0.1) is 0 Å². The number of amides is 1. The van der Waals surface area contributed by atoms with Crippen LogP contribution in [0.15, 0.2) is 64.5 Å². The fraction of sp³-hybridized carbons (Fsp3) is 0.250. The van der Waals surface area contributed by atoms with Gasteiger partial charge in [0.05, 0.1) is 6.26 Å². The molecular weight excluding hydrogens is 414 g/mol. The highest BCUT2D eigenvalue weighted by molar-refractivity contribution is 5.76. The first-order valence-electron chi connectivity index (χ1n) is 10.0. The van der Waals surface area contributed by atoms with Crippen LogP contribution in [0.25, 0.3) is 17.3 Å². The van der Waals surface area contributed by atoms with Crippen molar-refractivity contribution >= 4 is 11.7 Å². The Morgan fingerprint density at radius 2 is 1.81 bits per heavy atom. The van der Waals surface area contributed by atoms with Crippen molar-refractivity contribution in [2.75, 3.05) is 31.1 Å². The van der Waals surface area contributed by atoms with Gasteiger partial charge in [0.2, 0.25) is 5.91 Å². The Labute approximate surface area is 181 Å². The number of hydrogen-bond donors (Lipinski definition) is 0. The van der Waals surface area contributed by atoms with Gasteiger partial charge in [0.15, 0.2) is 17.4 Å². The van der Waals surface area contributed by atoms with Crippen LogP contribution in [0.5, 0.6) is 0 Å². The van der Waals surface area contributed by atoms with Crippen LogP contribution in [0.1, 0.15) is 0 Å². The van der Waals surface area contributed by atoms with E-state index in [1.807, 2.05) is 12.1 Å². The van der Waals surface area contributed by atoms with E-state index >= 15 is 0 Å². The van der Waals surface area contributed by atoms with Crippen molar-refractivity contribution in [3.05, 3.63) is 65.7 Å². The lowest BCUT2D eigenvalue weighted by molar-refractivity contribution is -0.132. The Morgan fingerprint density at radius 3 is 2.50 bits per heavy atom. The number of anilines is 1. The smallest absolute Gasteiger partial charge is 0.267 e. The van der Waals surface area contributed by atoms with E-state index in [0.717, 1.165) is 5.82 Å². The zero-order chi connectivity index (χ0) is 21.9. The lowest BCUT2D eigenvalue weighted by Gasteiger charge is -2.35. The summed E-state index contributed by atoms with van der Waals surface area (Å²) >= 11 is 0. The van der Waals surface area contributed by atoms with E-state index in [2.05, 4.69) is 30.3 Å². The highest BCUT2D eigenvalue weighted by Crippen LogP contribution is 2.16. The number of rotatable bonds is 5. The lowest BCUT2D eigenvalue weighted by atomic mass is 10.3. The maximum Gasteiger partial charge on any atom is 0.267 e. The number of carbonyl (C=O) groups excluding carboxylic acids is 1. The van der Waals surface area contributed by atoms with Gasteiger partial charge in [-0.1, -0.05) is 0 Å². The summed E-state index contributed by atoms with van der Waals surface area (Å²) in [6, 6.07) is 10.1. The normalized spacial score (nSPS) is 14.0. The molecule has 0 N–H and O–H groups in total. The van der Waals surface area contributed by atoms with Crippen molar-refractivity contribution < 1.29 is 9.21 Å². The fourth-order valence-corrected chi connectivity index (χ4v) is 3.47. The average Bonchev–Trinajstić information content (AvgIpc) is 3.56. The van der Waals surface area contributed by atoms with Gasteiger partial charge in [-0.2, -0.15) is 10.2 Å². The second-order valence-corrected chi connectivity index (χ2v) is 7.15. The minimum atomic E-state index is -0.338. The van der Waals surface area contributed by atoms with Crippen LogP contribution in [0.2, 0.25) is 0 Å². The summed E-state index contributed by atoms with van der Waals surface area (Å²) < 4.78 is 8.02. The minimum Gasteiger partial charge on any atom is -0.463 e. The van der Waals surface area contributed by atoms with Gasteiger partial charge >= 0.3 is 0 Å². The van der Waals surface area contributed by atoms with E-state index in [1.165, 1.54) is 28.0 Å². The van der Waals surface area contributed by atoms with Crippen molar-refractivity contribution in [1.82, 2.24) is 39.6 Å². The number of hydrogen-bond acceptors (Lipinski definition) is 9. The molecule has 0 aromatic carbocycles. The van der Waals surface area contributed by atoms with Crippen LogP contribution >= 0.6 is 0 Å². The third-order valence-corrected chi connectivity index (χ3v) is 5.17. The largest absolute Gasteiger partial charge is 0.463 e. The zero-order valence-electron chi connectivity index (χ0n) is 17.0. The molecule has 0 unspecified atom stereocenters. The second kappa shape index (κ2) is 8.41. The van der Waals surface area contributed by atoms with Gasteiger partial charge in [-0.3, -0.25) is 9.59 Å². The Bertz CT molecular complexity index is 1240. The van der Waals surface area contributed by atoms with Crippen LogP contribution in [-0.2, 0) is 11.3 Å². The molecular formula is C20H19N9O3. The molecule has 1 aliphatic rings. The van der Waals surface area contributed by atoms with Gasteiger partial charge in [-0.25, -0.2) is 14.3 Å². The van der Waals surface area contributed by atoms with Crippen molar-refractivity contribution in [2.45, 2.75) is 6.54 Å². The molecule has 12 heteroatoms. The van der Waals surface area contributed by atoms with Gasteiger partial charge in [0.1, 0.15) is 24.9 Å². The van der Waals surface area contributed by atoms with E-state index in [0.29, 0.717) is 43.5 Å². The van der Waals surface area contributed by atoms with Crippen LogP contribution in [-0.4, -0.2) is 71.7 Å². The summed E-state index contributed by atoms with van der Waals surface area (Å²) in [7, 11) is 0. The van der Waals surface area contributed by atoms with Crippen LogP contribution in [0.4, 0.5) is 5.82 Å². The molecule has 1 fully saturated rings. The maximum atomic E-state index is 12.8. The second-order valence-electron chi connectivity index (χ2n) is 7.15. The Morgan fingerprint density at radius 1 is 1.00 bits per heavy atom. The first-order chi connectivity index (χ1) is 15.7. The predicted octanol–water partition coefficient (Wildman–Crippen LogP) is 0.223. The molecule has 5 heterocycles. The maximum absolute atomic E-state index is 12.8. The summed E-state index contributed by atoms with van der Waals surface area (Å²) in [5.41, 5.74) is 0.162. The highest BCUT2D eigenvalue weighted by atomic mass is 16.3. The zero-order valence-corrected chi connectivity index (χ0v) is 17.0. The molecule has 0 aliphatic carbocycles. The SMILES string of the molecule is O=C(Cn1nc(-c2ccco2)ccc1=O)N1CCN(c2ccc(-n3cncn3)nn2)CC1. The molecule has 1 saturated heterocycles. The van der Waals surface area contributed by atoms with Crippen molar-refractivity contribution in [3.63, 3.8) is 0 Å². The lowest BCUT2D eigenvalue weighted by Crippen LogP contribution is -2.50. The van der Waals surface area contributed by atoms with Gasteiger partial charge in [0.25, 0.3) is 5.56 Å². The van der Waals surface area contributed by atoms with E-state index < -0.39 is 0 Å². The molecule has 0 spiro atoms. The molecule has 0 radical (unpaired) electrons. The predicted molar refractivity (Wildman–Crippen MR) is 112 cm³/mol. The summed E-state index contributed by atoms with van der Waals surface area (Å²) in [6.07, 6.45) is 4.52. The molecule has 4 aromatic rings. The van der Waals surface area contributed by atoms with Gasteiger partial charge in [-0.05, 0) is 30.3 Å². The Balaban J connectivity index is 1.21. The highest BCUT2D eigenvalue weighted by Gasteiger charge is 2.23. The number of furan rings is 1. The number of nitrogens with zero attached hydrogens (tertiary/aromatic N) is 9. The molecule has 4 aromatic heterocycles. The van der Waals surface area contributed by atoms with E-state index in [-0.39, 0.29) is 18.0 Å². The molecule has 162 valence electrons. The molecule has 5 rings (SSSR count). The third-order valence-electron chi connectivity index (χ3n) is 5.17. The number of aromatic nitrogens is 7. The third kappa shape index (κ3) is 3.97. The van der Waals surface area contributed by atoms with E-state index in [1.54, 1.807) is 29.4 Å². The standard InChI is InChI=1S/C20H19N9O3/c30-19-6-3-15(16-2-1-11-32-16)25-28(19)12-20(31)27-9-7-26(8-10-27)17-4-5-18(24-23-17)29-14-21-13-22-29/h1-6,11,13-14H,7-10,12H2. The summed E-state index contributed by atoms with van der Waals surface area (Å²) in [5, 5.41) is 16.7. The molecule has 12 nitrogen and oxygen atoms in total. The monoisotopic (exact) mass is 433 g/mol. The Hall–Kier alpha value is -4.35. The minimum absolute atomic E-state index is 0.125. The van der Waals surface area contributed by atoms with Gasteiger partial charge in [0, 0.05) is 32.2 Å². The van der Waals surface area contributed by atoms with E-state index in [4.69, 9.17) is 4.42 Å². The average molecular weight is 433 g/mol. The number of carbonyl (C=O) groups is 1. The van der Waals surface area contributed by atoms with Crippen LogP contribution in [0.3, 0.4) is 0 Å². The molecule has 0 saturated carbocycles. The molecule has 0 atom stereocenters. The van der Waals surface area contributed by atoms with E-state index in [9.17, 15) is 9.59 Å². The summed E-state index contributed by atoms with van der Waals surface area (Å²) in [6.45, 7) is 2.12. The topological polar surface area (TPSA) is 128 Å². The van der Waals surface area contributed by atoms with Gasteiger partial charge in [-0.15, -0.1) is 10.2 Å². The van der Waals surface area contributed by atoms with Gasteiger partial charge < -0.3 is 14.2 Å². The van der Waals surface area contributed by atoms with Crippen molar-refractivity contribution in [2.24, 2.45) is 0 Å². The molecule has 1 amide bonds. The van der Waals surface area contributed by atoms with Crippen LogP contribution < -0.4 is 10.5 Å². The first kappa shape index (κ1) is 19.6. The summed E-state index contributed by atoms with van der Waals surface area (Å²) in [4.78, 5) is 32.6. The van der Waals surface area contributed by atoms with Crippen molar-refractivity contribution in [3.8, 4) is 17.3 Å². The first-order valence-corrected chi connectivity index (χ1v) is 10.0. The fourth-order valence-electron chi connectivity index (χ4n) is 3.47.